The zero-order chi connectivity index (χ0) is 15.2. The summed E-state index contributed by atoms with van der Waals surface area (Å²) in [5, 5.41) is 11.7. The Morgan fingerprint density at radius 1 is 1.30 bits per heavy atom. The second kappa shape index (κ2) is 7.08. The van der Waals surface area contributed by atoms with E-state index in [0.29, 0.717) is 25.8 Å². The summed E-state index contributed by atoms with van der Waals surface area (Å²) in [7, 11) is 0. The lowest BCUT2D eigenvalue weighted by Gasteiger charge is -2.18. The van der Waals surface area contributed by atoms with Gasteiger partial charge in [0.25, 0.3) is 0 Å². The SMILES string of the molecule is Cc1cccc(CCC(=O)NCCC(C)(C)C(=O)O)c1. The number of hydrogen-bond acceptors (Lipinski definition) is 2. The molecule has 0 heterocycles. The van der Waals surface area contributed by atoms with Crippen LogP contribution in [0.25, 0.3) is 0 Å². The maximum Gasteiger partial charge on any atom is 0.309 e. The van der Waals surface area contributed by atoms with Crippen LogP contribution in [0.5, 0.6) is 0 Å². The predicted molar refractivity (Wildman–Crippen MR) is 78.5 cm³/mol. The van der Waals surface area contributed by atoms with Gasteiger partial charge in [0.05, 0.1) is 5.41 Å². The third kappa shape index (κ3) is 5.43. The Morgan fingerprint density at radius 2 is 2.00 bits per heavy atom. The number of aliphatic carboxylic acids is 1. The number of benzene rings is 1. The largest absolute Gasteiger partial charge is 0.481 e. The summed E-state index contributed by atoms with van der Waals surface area (Å²) >= 11 is 0. The quantitative estimate of drug-likeness (QED) is 0.805. The highest BCUT2D eigenvalue weighted by molar-refractivity contribution is 5.76. The lowest BCUT2D eigenvalue weighted by molar-refractivity contribution is -0.147. The number of aryl methyl sites for hydroxylation is 2. The van der Waals surface area contributed by atoms with E-state index in [4.69, 9.17) is 5.11 Å². The number of carboxylic acids is 1. The molecule has 1 aromatic rings. The number of amides is 1. The van der Waals surface area contributed by atoms with Crippen molar-refractivity contribution >= 4 is 11.9 Å². The lowest BCUT2D eigenvalue weighted by Crippen LogP contribution is -2.32. The molecule has 0 radical (unpaired) electrons. The van der Waals surface area contributed by atoms with Gasteiger partial charge in [-0.2, -0.15) is 0 Å². The molecule has 0 spiro atoms. The van der Waals surface area contributed by atoms with Gasteiger partial charge in [-0.1, -0.05) is 29.8 Å². The lowest BCUT2D eigenvalue weighted by atomic mass is 9.90. The van der Waals surface area contributed by atoms with Crippen molar-refractivity contribution in [1.82, 2.24) is 5.32 Å². The summed E-state index contributed by atoms with van der Waals surface area (Å²) < 4.78 is 0. The molecule has 0 aliphatic heterocycles. The smallest absolute Gasteiger partial charge is 0.309 e. The molecule has 0 aromatic heterocycles. The van der Waals surface area contributed by atoms with Crippen molar-refractivity contribution in [2.24, 2.45) is 5.41 Å². The first-order valence-electron chi connectivity index (χ1n) is 6.87. The van der Waals surface area contributed by atoms with Gasteiger partial charge in [0, 0.05) is 13.0 Å². The predicted octanol–water partition coefficient (Wildman–Crippen LogP) is 2.54. The summed E-state index contributed by atoms with van der Waals surface area (Å²) in [4.78, 5) is 22.6. The molecular weight excluding hydrogens is 254 g/mol. The highest BCUT2D eigenvalue weighted by Gasteiger charge is 2.26. The van der Waals surface area contributed by atoms with Crippen molar-refractivity contribution < 1.29 is 14.7 Å². The van der Waals surface area contributed by atoms with E-state index >= 15 is 0 Å². The van der Waals surface area contributed by atoms with Crippen LogP contribution in [0.2, 0.25) is 0 Å². The van der Waals surface area contributed by atoms with E-state index in [1.54, 1.807) is 13.8 Å². The number of hydrogen-bond donors (Lipinski definition) is 2. The number of carboxylic acid groups (broad SMARTS) is 1. The van der Waals surface area contributed by atoms with Crippen LogP contribution in [0.1, 0.15) is 37.8 Å². The molecule has 0 aliphatic carbocycles. The third-order valence-corrected chi connectivity index (χ3v) is 3.37. The van der Waals surface area contributed by atoms with Gasteiger partial charge in [0.2, 0.25) is 5.91 Å². The fraction of sp³-hybridized carbons (Fsp3) is 0.500. The Bertz CT molecular complexity index is 480. The van der Waals surface area contributed by atoms with Crippen LogP contribution in [0, 0.1) is 12.3 Å². The summed E-state index contributed by atoms with van der Waals surface area (Å²) in [5.74, 6) is -0.876. The van der Waals surface area contributed by atoms with E-state index in [1.807, 2.05) is 25.1 Å². The number of carbonyl (C=O) groups excluding carboxylic acids is 1. The van der Waals surface area contributed by atoms with Crippen LogP contribution in [0.4, 0.5) is 0 Å². The molecule has 4 nitrogen and oxygen atoms in total. The van der Waals surface area contributed by atoms with Crippen molar-refractivity contribution in [2.75, 3.05) is 6.54 Å². The molecule has 0 saturated carbocycles. The zero-order valence-corrected chi connectivity index (χ0v) is 12.4. The third-order valence-electron chi connectivity index (χ3n) is 3.37. The van der Waals surface area contributed by atoms with E-state index in [0.717, 1.165) is 5.56 Å². The molecule has 110 valence electrons. The topological polar surface area (TPSA) is 66.4 Å². The highest BCUT2D eigenvalue weighted by Crippen LogP contribution is 2.19. The fourth-order valence-electron chi connectivity index (χ4n) is 1.84. The second-order valence-corrected chi connectivity index (χ2v) is 5.78. The monoisotopic (exact) mass is 277 g/mol. The second-order valence-electron chi connectivity index (χ2n) is 5.78. The normalized spacial score (nSPS) is 11.2. The van der Waals surface area contributed by atoms with Gasteiger partial charge in [0.1, 0.15) is 0 Å². The summed E-state index contributed by atoms with van der Waals surface area (Å²) in [5.41, 5.74) is 1.53. The van der Waals surface area contributed by atoms with Gasteiger partial charge in [-0.15, -0.1) is 0 Å². The maximum absolute atomic E-state index is 11.7. The Kier molecular flexibility index (Phi) is 5.74. The Morgan fingerprint density at radius 3 is 2.60 bits per heavy atom. The molecule has 2 N–H and O–H groups in total. The summed E-state index contributed by atoms with van der Waals surface area (Å²) in [6.07, 6.45) is 1.56. The molecule has 1 aromatic carbocycles. The summed E-state index contributed by atoms with van der Waals surface area (Å²) in [6, 6.07) is 8.09. The maximum atomic E-state index is 11.7. The van der Waals surface area contributed by atoms with Gasteiger partial charge in [-0.25, -0.2) is 0 Å². The molecule has 1 amide bonds. The highest BCUT2D eigenvalue weighted by atomic mass is 16.4. The first kappa shape index (κ1) is 16.2. The van der Waals surface area contributed by atoms with Crippen LogP contribution in [0.3, 0.4) is 0 Å². The van der Waals surface area contributed by atoms with Crippen LogP contribution in [-0.2, 0) is 16.0 Å². The molecule has 0 aliphatic rings. The Balaban J connectivity index is 2.29. The Labute approximate surface area is 120 Å². The molecule has 0 saturated heterocycles. The van der Waals surface area contributed by atoms with E-state index in [2.05, 4.69) is 11.4 Å². The molecule has 0 unspecified atom stereocenters. The fourth-order valence-corrected chi connectivity index (χ4v) is 1.84. The molecule has 4 heteroatoms. The van der Waals surface area contributed by atoms with E-state index in [9.17, 15) is 9.59 Å². The minimum atomic E-state index is -0.841. The van der Waals surface area contributed by atoms with Crippen LogP contribution in [-0.4, -0.2) is 23.5 Å². The van der Waals surface area contributed by atoms with Crippen molar-refractivity contribution in [2.45, 2.75) is 40.0 Å². The Hall–Kier alpha value is -1.84. The minimum Gasteiger partial charge on any atom is -0.481 e. The molecular formula is C16H23NO3. The summed E-state index contributed by atoms with van der Waals surface area (Å²) in [6.45, 7) is 5.74. The van der Waals surface area contributed by atoms with E-state index in [1.165, 1.54) is 5.56 Å². The van der Waals surface area contributed by atoms with Crippen LogP contribution in [0.15, 0.2) is 24.3 Å². The van der Waals surface area contributed by atoms with E-state index in [-0.39, 0.29) is 5.91 Å². The van der Waals surface area contributed by atoms with Crippen molar-refractivity contribution in [1.29, 1.82) is 0 Å². The number of nitrogens with one attached hydrogen (secondary N) is 1. The molecule has 1 rings (SSSR count). The van der Waals surface area contributed by atoms with Gasteiger partial charge >= 0.3 is 5.97 Å². The van der Waals surface area contributed by atoms with Crippen LogP contribution >= 0.6 is 0 Å². The molecule has 0 fully saturated rings. The zero-order valence-electron chi connectivity index (χ0n) is 12.4. The van der Waals surface area contributed by atoms with Crippen LogP contribution < -0.4 is 5.32 Å². The first-order chi connectivity index (χ1) is 9.31. The van der Waals surface area contributed by atoms with Crippen molar-refractivity contribution in [3.8, 4) is 0 Å². The molecule has 20 heavy (non-hydrogen) atoms. The standard InChI is InChI=1S/C16H23NO3/c1-12-5-4-6-13(11-12)7-8-14(18)17-10-9-16(2,3)15(19)20/h4-6,11H,7-10H2,1-3H3,(H,17,18)(H,19,20). The van der Waals surface area contributed by atoms with Gasteiger partial charge in [-0.05, 0) is 39.2 Å². The minimum absolute atomic E-state index is 0.0345. The van der Waals surface area contributed by atoms with Crippen molar-refractivity contribution in [3.05, 3.63) is 35.4 Å². The molecule has 0 atom stereocenters. The average molecular weight is 277 g/mol. The van der Waals surface area contributed by atoms with Gasteiger partial charge in [-0.3, -0.25) is 9.59 Å². The van der Waals surface area contributed by atoms with E-state index < -0.39 is 11.4 Å². The number of rotatable bonds is 7. The number of carbonyl (C=O) groups is 2. The van der Waals surface area contributed by atoms with Gasteiger partial charge in [0.15, 0.2) is 0 Å². The first-order valence-corrected chi connectivity index (χ1v) is 6.87. The molecule has 0 bridgehead atoms. The van der Waals surface area contributed by atoms with Crippen molar-refractivity contribution in [3.63, 3.8) is 0 Å². The van der Waals surface area contributed by atoms with Gasteiger partial charge < -0.3 is 10.4 Å². The average Bonchev–Trinajstić information content (AvgIpc) is 2.36.